The first-order chi connectivity index (χ1) is 10.3. The summed E-state index contributed by atoms with van der Waals surface area (Å²) in [5.41, 5.74) is 1.00. The van der Waals surface area contributed by atoms with Crippen LogP contribution < -0.4 is 10.1 Å². The van der Waals surface area contributed by atoms with E-state index in [1.807, 2.05) is 11.9 Å². The van der Waals surface area contributed by atoms with Crippen LogP contribution >= 0.6 is 15.9 Å². The lowest BCUT2D eigenvalue weighted by Gasteiger charge is -2.08. The van der Waals surface area contributed by atoms with Gasteiger partial charge in [0.1, 0.15) is 5.75 Å². The first-order valence-corrected chi connectivity index (χ1v) is 6.73. The Labute approximate surface area is 131 Å². The average molecular weight is 379 g/mol. The monoisotopic (exact) mass is 378 g/mol. The molecule has 0 saturated carbocycles. The van der Waals surface area contributed by atoms with Crippen molar-refractivity contribution < 1.29 is 22.7 Å². The molecule has 118 valence electrons. The Morgan fingerprint density at radius 2 is 2.14 bits per heavy atom. The third-order valence-electron chi connectivity index (χ3n) is 2.46. The Balaban J connectivity index is 1.92. The molecule has 0 spiro atoms. The number of hydrogen-bond donors (Lipinski definition) is 2. The zero-order valence-corrected chi connectivity index (χ0v) is 12.7. The number of H-pyrrole nitrogens is 1. The first-order valence-electron chi connectivity index (χ1n) is 5.94. The van der Waals surface area contributed by atoms with Crippen LogP contribution in [0.2, 0.25) is 0 Å². The second kappa shape index (κ2) is 6.34. The second-order valence-corrected chi connectivity index (χ2v) is 5.15. The minimum atomic E-state index is -4.65. The van der Waals surface area contributed by atoms with Crippen molar-refractivity contribution in [2.45, 2.75) is 13.1 Å². The van der Waals surface area contributed by atoms with Crippen molar-refractivity contribution in [1.29, 1.82) is 0 Å². The molecule has 1 heterocycles. The molecular formula is C12H10BrF3N4O2. The van der Waals surface area contributed by atoms with Gasteiger partial charge in [-0.3, -0.25) is 10.1 Å². The summed E-state index contributed by atoms with van der Waals surface area (Å²) >= 11 is 3.28. The standard InChI is InChI=1S/C12H10BrF3N4O2/c1-6-2-3-8(7(13)4-6)22-5-9(21)17-11-18-10(19-20-11)12(14,15)16/h2-4H,5H2,1H3,(H2,17,18,19,20,21). The van der Waals surface area contributed by atoms with E-state index in [4.69, 9.17) is 4.74 Å². The molecule has 0 atom stereocenters. The van der Waals surface area contributed by atoms with Crippen LogP contribution in [0.25, 0.3) is 0 Å². The van der Waals surface area contributed by atoms with Crippen LogP contribution in [0, 0.1) is 6.92 Å². The zero-order valence-electron chi connectivity index (χ0n) is 11.2. The fraction of sp³-hybridized carbons (Fsp3) is 0.250. The van der Waals surface area contributed by atoms with E-state index in [1.54, 1.807) is 18.2 Å². The maximum absolute atomic E-state index is 12.3. The summed E-state index contributed by atoms with van der Waals surface area (Å²) in [6.07, 6.45) is -4.65. The van der Waals surface area contributed by atoms with Gasteiger partial charge in [0, 0.05) is 0 Å². The number of ether oxygens (including phenoxy) is 1. The number of amides is 1. The second-order valence-electron chi connectivity index (χ2n) is 4.29. The Hall–Kier alpha value is -2.10. The number of carbonyl (C=O) groups excluding carboxylic acids is 1. The maximum atomic E-state index is 12.3. The molecule has 0 unspecified atom stereocenters. The normalized spacial score (nSPS) is 11.3. The smallest absolute Gasteiger partial charge is 0.451 e. The predicted octanol–water partition coefficient (Wildman–Crippen LogP) is 2.91. The predicted molar refractivity (Wildman–Crippen MR) is 74.4 cm³/mol. The highest BCUT2D eigenvalue weighted by Crippen LogP contribution is 2.27. The Bertz CT molecular complexity index is 687. The molecule has 0 bridgehead atoms. The van der Waals surface area contributed by atoms with E-state index < -0.39 is 23.9 Å². The highest BCUT2D eigenvalue weighted by molar-refractivity contribution is 9.10. The largest absolute Gasteiger partial charge is 0.483 e. The number of carbonyl (C=O) groups is 1. The van der Waals surface area contributed by atoms with E-state index in [9.17, 15) is 18.0 Å². The van der Waals surface area contributed by atoms with Crippen molar-refractivity contribution in [3.05, 3.63) is 34.1 Å². The van der Waals surface area contributed by atoms with Gasteiger partial charge in [0.2, 0.25) is 11.8 Å². The highest BCUT2D eigenvalue weighted by atomic mass is 79.9. The number of hydrogen-bond acceptors (Lipinski definition) is 4. The topological polar surface area (TPSA) is 79.9 Å². The number of nitrogens with zero attached hydrogens (tertiary/aromatic N) is 2. The molecule has 2 aromatic rings. The molecule has 2 N–H and O–H groups in total. The van der Waals surface area contributed by atoms with Gasteiger partial charge in [-0.25, -0.2) is 0 Å². The third kappa shape index (κ3) is 4.20. The fourth-order valence-electron chi connectivity index (χ4n) is 1.48. The third-order valence-corrected chi connectivity index (χ3v) is 3.08. The number of nitrogens with one attached hydrogen (secondary N) is 2. The van der Waals surface area contributed by atoms with Crippen LogP contribution in [0.3, 0.4) is 0 Å². The van der Waals surface area contributed by atoms with Gasteiger partial charge in [0.25, 0.3) is 5.91 Å². The summed E-state index contributed by atoms with van der Waals surface area (Å²) in [5.74, 6) is -1.92. The van der Waals surface area contributed by atoms with Gasteiger partial charge < -0.3 is 9.72 Å². The van der Waals surface area contributed by atoms with Crippen LogP contribution in [0.1, 0.15) is 11.4 Å². The van der Waals surface area contributed by atoms with Crippen LogP contribution in [-0.4, -0.2) is 27.7 Å². The van der Waals surface area contributed by atoms with Gasteiger partial charge in [0.05, 0.1) is 4.47 Å². The minimum Gasteiger partial charge on any atom is -0.483 e. The van der Waals surface area contributed by atoms with Gasteiger partial charge in [-0.2, -0.15) is 13.2 Å². The quantitative estimate of drug-likeness (QED) is 0.856. The lowest BCUT2D eigenvalue weighted by molar-refractivity contribution is -0.144. The van der Waals surface area contributed by atoms with Gasteiger partial charge in [0.15, 0.2) is 6.61 Å². The summed E-state index contributed by atoms with van der Waals surface area (Å²) in [5, 5.41) is 8.20. The molecule has 2 rings (SSSR count). The molecule has 0 aliphatic carbocycles. The van der Waals surface area contributed by atoms with Gasteiger partial charge in [-0.1, -0.05) is 6.07 Å². The van der Waals surface area contributed by atoms with Crippen molar-refractivity contribution in [3.8, 4) is 5.75 Å². The number of rotatable bonds is 4. The summed E-state index contributed by atoms with van der Waals surface area (Å²) in [6.45, 7) is 1.51. The van der Waals surface area contributed by atoms with Crippen LogP contribution in [0.5, 0.6) is 5.75 Å². The van der Waals surface area contributed by atoms with Crippen molar-refractivity contribution >= 4 is 27.8 Å². The zero-order chi connectivity index (χ0) is 16.3. The lowest BCUT2D eigenvalue weighted by atomic mass is 10.2. The molecule has 1 aromatic heterocycles. The van der Waals surface area contributed by atoms with E-state index >= 15 is 0 Å². The van der Waals surface area contributed by atoms with Gasteiger partial charge >= 0.3 is 6.18 Å². The molecule has 0 aliphatic rings. The first kappa shape index (κ1) is 16.3. The molecule has 1 amide bonds. The van der Waals surface area contributed by atoms with Crippen molar-refractivity contribution in [3.63, 3.8) is 0 Å². The van der Waals surface area contributed by atoms with Crippen LogP contribution in [0.4, 0.5) is 19.1 Å². The molecule has 0 saturated heterocycles. The van der Waals surface area contributed by atoms with Crippen molar-refractivity contribution in [2.75, 3.05) is 11.9 Å². The lowest BCUT2D eigenvalue weighted by Crippen LogP contribution is -2.21. The molecule has 22 heavy (non-hydrogen) atoms. The molecule has 1 aromatic carbocycles. The Morgan fingerprint density at radius 1 is 1.41 bits per heavy atom. The number of benzene rings is 1. The van der Waals surface area contributed by atoms with Crippen molar-refractivity contribution in [1.82, 2.24) is 15.2 Å². The molecule has 6 nitrogen and oxygen atoms in total. The minimum absolute atomic E-state index is 0.385. The van der Waals surface area contributed by atoms with Crippen LogP contribution in [0.15, 0.2) is 22.7 Å². The van der Waals surface area contributed by atoms with E-state index in [0.29, 0.717) is 10.2 Å². The van der Waals surface area contributed by atoms with E-state index in [0.717, 1.165) is 5.56 Å². The average Bonchev–Trinajstić information content (AvgIpc) is 2.86. The van der Waals surface area contributed by atoms with E-state index in [2.05, 4.69) is 31.4 Å². The molecular weight excluding hydrogens is 369 g/mol. The highest BCUT2D eigenvalue weighted by Gasteiger charge is 2.35. The van der Waals surface area contributed by atoms with E-state index in [-0.39, 0.29) is 6.61 Å². The molecule has 10 heteroatoms. The summed E-state index contributed by atoms with van der Waals surface area (Å²) in [7, 11) is 0. The number of halogens is 4. The number of aromatic nitrogens is 3. The van der Waals surface area contributed by atoms with Crippen molar-refractivity contribution in [2.24, 2.45) is 0 Å². The fourth-order valence-corrected chi connectivity index (χ4v) is 2.09. The summed E-state index contributed by atoms with van der Waals surface area (Å²) in [6, 6.07) is 5.27. The summed E-state index contributed by atoms with van der Waals surface area (Å²) < 4.78 is 42.8. The SMILES string of the molecule is Cc1ccc(OCC(=O)Nc2nnc(C(F)(F)F)[nH]2)c(Br)c1. The molecule has 0 radical (unpaired) electrons. The van der Waals surface area contributed by atoms with Crippen LogP contribution in [-0.2, 0) is 11.0 Å². The number of alkyl halides is 3. The maximum Gasteiger partial charge on any atom is 0.451 e. The molecule has 0 fully saturated rings. The Morgan fingerprint density at radius 3 is 2.73 bits per heavy atom. The number of aromatic amines is 1. The van der Waals surface area contributed by atoms with Gasteiger partial charge in [-0.15, -0.1) is 10.2 Å². The van der Waals surface area contributed by atoms with E-state index in [1.165, 1.54) is 0 Å². The molecule has 0 aliphatic heterocycles. The Kier molecular flexibility index (Phi) is 4.69. The number of anilines is 1. The van der Waals surface area contributed by atoms with Gasteiger partial charge in [-0.05, 0) is 40.5 Å². The number of aryl methyl sites for hydroxylation is 1. The summed E-state index contributed by atoms with van der Waals surface area (Å²) in [4.78, 5) is 13.5.